The molecule has 2 aromatic carbocycles. The molecule has 1 amide bonds. The molecule has 28 heavy (non-hydrogen) atoms. The first-order valence-electron chi connectivity index (χ1n) is 8.49. The highest BCUT2D eigenvalue weighted by atomic mass is 16.6. The minimum absolute atomic E-state index is 0.308. The van der Waals surface area contributed by atoms with Crippen LogP contribution in [0.3, 0.4) is 0 Å². The van der Waals surface area contributed by atoms with Gasteiger partial charge in [-0.25, -0.2) is 10.1 Å². The van der Waals surface area contributed by atoms with Gasteiger partial charge in [0, 0.05) is 6.92 Å². The van der Waals surface area contributed by atoms with E-state index in [0.29, 0.717) is 22.6 Å². The van der Waals surface area contributed by atoms with Crippen LogP contribution in [0.5, 0.6) is 11.5 Å². The van der Waals surface area contributed by atoms with Crippen molar-refractivity contribution in [1.29, 1.82) is 0 Å². The highest BCUT2D eigenvalue weighted by Crippen LogP contribution is 2.27. The van der Waals surface area contributed by atoms with Crippen LogP contribution in [-0.4, -0.2) is 40.2 Å². The van der Waals surface area contributed by atoms with Gasteiger partial charge in [0.2, 0.25) is 0 Å². The number of ether oxygens (including phenoxy) is 2. The lowest BCUT2D eigenvalue weighted by Crippen LogP contribution is -2.28. The van der Waals surface area contributed by atoms with Gasteiger partial charge in [-0.2, -0.15) is 5.10 Å². The Labute approximate surface area is 160 Å². The van der Waals surface area contributed by atoms with Gasteiger partial charge in [-0.15, -0.1) is 5.10 Å². The summed E-state index contributed by atoms with van der Waals surface area (Å²) in [4.78, 5) is 23.5. The van der Waals surface area contributed by atoms with E-state index in [1.807, 2.05) is 24.3 Å². The molecule has 0 aliphatic carbocycles. The van der Waals surface area contributed by atoms with E-state index in [-0.39, 0.29) is 5.91 Å². The summed E-state index contributed by atoms with van der Waals surface area (Å²) in [6.45, 7) is 3.02. The van der Waals surface area contributed by atoms with Gasteiger partial charge in [0.1, 0.15) is 11.6 Å². The van der Waals surface area contributed by atoms with Gasteiger partial charge in [0.05, 0.1) is 18.8 Å². The number of carbonyl (C=O) groups excluding carboxylic acids is 2. The normalized spacial score (nSPS) is 12.1. The summed E-state index contributed by atoms with van der Waals surface area (Å²) in [5.41, 5.74) is 4.62. The summed E-state index contributed by atoms with van der Waals surface area (Å²) in [6, 6.07) is 11.7. The lowest BCUT2D eigenvalue weighted by molar-refractivity contribution is -0.132. The maximum absolute atomic E-state index is 12.4. The molecule has 1 atom stereocenters. The highest BCUT2D eigenvalue weighted by molar-refractivity contribution is 5.86. The van der Waals surface area contributed by atoms with Gasteiger partial charge < -0.3 is 9.47 Å². The number of aromatic nitrogens is 3. The Morgan fingerprint density at radius 2 is 2.00 bits per heavy atom. The molecule has 0 saturated heterocycles. The van der Waals surface area contributed by atoms with Crippen molar-refractivity contribution in [1.82, 2.24) is 20.4 Å². The molecule has 9 heteroatoms. The molecule has 0 aliphatic rings. The van der Waals surface area contributed by atoms with Crippen LogP contribution in [0, 0.1) is 0 Å². The number of benzene rings is 2. The number of amides is 1. The van der Waals surface area contributed by atoms with Crippen molar-refractivity contribution in [3.05, 3.63) is 48.0 Å². The third-order valence-corrected chi connectivity index (χ3v) is 3.95. The van der Waals surface area contributed by atoms with Gasteiger partial charge in [-0.1, -0.05) is 17.3 Å². The number of nitrogens with zero attached hydrogens (tertiary/aromatic N) is 4. The zero-order chi connectivity index (χ0) is 20.1. The van der Waals surface area contributed by atoms with E-state index < -0.39 is 12.0 Å². The summed E-state index contributed by atoms with van der Waals surface area (Å²) in [7, 11) is 1.47. The molecule has 3 rings (SSSR count). The first-order valence-corrected chi connectivity index (χ1v) is 8.49. The fourth-order valence-electron chi connectivity index (χ4n) is 2.55. The molecule has 0 spiro atoms. The van der Waals surface area contributed by atoms with Crippen LogP contribution in [0.4, 0.5) is 0 Å². The molecular formula is C19H19N5O4. The molecular weight excluding hydrogens is 362 g/mol. The highest BCUT2D eigenvalue weighted by Gasteiger charge is 2.18. The van der Waals surface area contributed by atoms with Crippen molar-refractivity contribution >= 4 is 29.1 Å². The molecule has 3 aromatic rings. The van der Waals surface area contributed by atoms with E-state index in [9.17, 15) is 9.59 Å². The lowest BCUT2D eigenvalue weighted by atomic mass is 10.2. The Morgan fingerprint density at radius 1 is 1.21 bits per heavy atom. The van der Waals surface area contributed by atoms with Gasteiger partial charge in [-0.05, 0) is 42.8 Å². The second kappa shape index (κ2) is 8.30. The monoisotopic (exact) mass is 381 g/mol. The van der Waals surface area contributed by atoms with Crippen LogP contribution in [0.15, 0.2) is 47.6 Å². The van der Waals surface area contributed by atoms with Crippen molar-refractivity contribution in [3.8, 4) is 11.5 Å². The lowest BCUT2D eigenvalue weighted by Gasteiger charge is -2.10. The van der Waals surface area contributed by atoms with Crippen LogP contribution >= 0.6 is 0 Å². The first-order chi connectivity index (χ1) is 13.5. The SMILES string of the molecule is COc1cc(/C=N\NC(=O)[C@H](C)n2nnc3ccccc32)ccc1OC(C)=O. The van der Waals surface area contributed by atoms with Crippen molar-refractivity contribution < 1.29 is 19.1 Å². The largest absolute Gasteiger partial charge is 0.493 e. The predicted molar refractivity (Wildman–Crippen MR) is 102 cm³/mol. The van der Waals surface area contributed by atoms with E-state index in [1.165, 1.54) is 24.9 Å². The molecule has 0 bridgehead atoms. The number of para-hydroxylation sites is 1. The van der Waals surface area contributed by atoms with E-state index in [1.54, 1.807) is 25.1 Å². The molecule has 0 unspecified atom stereocenters. The second-order valence-electron chi connectivity index (χ2n) is 5.94. The zero-order valence-electron chi connectivity index (χ0n) is 15.6. The van der Waals surface area contributed by atoms with Gasteiger partial charge in [-0.3, -0.25) is 9.59 Å². The molecule has 1 aromatic heterocycles. The summed E-state index contributed by atoms with van der Waals surface area (Å²) in [5.74, 6) is -0.0900. The summed E-state index contributed by atoms with van der Waals surface area (Å²) < 4.78 is 11.8. The predicted octanol–water partition coefficient (Wildman–Crippen LogP) is 2.08. The van der Waals surface area contributed by atoms with Crippen LogP contribution in [0.2, 0.25) is 0 Å². The standard InChI is InChI=1S/C19H19N5O4/c1-12(24-16-7-5-4-6-15(16)21-23-24)19(26)22-20-11-14-8-9-17(28-13(2)25)18(10-14)27-3/h4-12H,1-3H3,(H,22,26)/b20-11-/t12-/m0/s1. The molecule has 144 valence electrons. The minimum atomic E-state index is -0.592. The molecule has 0 radical (unpaired) electrons. The quantitative estimate of drug-likeness (QED) is 0.303. The number of hydrogen-bond donors (Lipinski definition) is 1. The first kappa shape index (κ1) is 19.0. The second-order valence-corrected chi connectivity index (χ2v) is 5.94. The van der Waals surface area contributed by atoms with E-state index >= 15 is 0 Å². The number of hydrogen-bond acceptors (Lipinski definition) is 7. The average molecular weight is 381 g/mol. The molecule has 1 N–H and O–H groups in total. The number of rotatable bonds is 6. The molecule has 9 nitrogen and oxygen atoms in total. The number of esters is 1. The molecule has 0 fully saturated rings. The van der Waals surface area contributed by atoms with Crippen LogP contribution in [0.25, 0.3) is 11.0 Å². The topological polar surface area (TPSA) is 108 Å². The number of nitrogens with one attached hydrogen (secondary N) is 1. The third kappa shape index (κ3) is 4.14. The maximum Gasteiger partial charge on any atom is 0.308 e. The Kier molecular flexibility index (Phi) is 5.64. The summed E-state index contributed by atoms with van der Waals surface area (Å²) in [6.07, 6.45) is 1.46. The Morgan fingerprint density at radius 3 is 2.75 bits per heavy atom. The number of carbonyl (C=O) groups is 2. The maximum atomic E-state index is 12.4. The molecule has 0 aliphatic heterocycles. The van der Waals surface area contributed by atoms with Gasteiger partial charge in [0.15, 0.2) is 11.5 Å². The molecule has 1 heterocycles. The van der Waals surface area contributed by atoms with E-state index in [2.05, 4.69) is 20.8 Å². The number of fused-ring (bicyclic) bond motifs is 1. The fraction of sp³-hybridized carbons (Fsp3) is 0.211. The number of hydrazone groups is 1. The average Bonchev–Trinajstić information content (AvgIpc) is 3.12. The summed E-state index contributed by atoms with van der Waals surface area (Å²) in [5, 5.41) is 12.0. The third-order valence-electron chi connectivity index (χ3n) is 3.95. The van der Waals surface area contributed by atoms with E-state index in [4.69, 9.17) is 9.47 Å². The van der Waals surface area contributed by atoms with E-state index in [0.717, 1.165) is 5.52 Å². The van der Waals surface area contributed by atoms with Crippen molar-refractivity contribution in [2.75, 3.05) is 7.11 Å². The van der Waals surface area contributed by atoms with Crippen LogP contribution < -0.4 is 14.9 Å². The minimum Gasteiger partial charge on any atom is -0.493 e. The van der Waals surface area contributed by atoms with Crippen molar-refractivity contribution in [2.24, 2.45) is 5.10 Å². The van der Waals surface area contributed by atoms with Crippen molar-refractivity contribution in [2.45, 2.75) is 19.9 Å². The van der Waals surface area contributed by atoms with Crippen LogP contribution in [0.1, 0.15) is 25.5 Å². The fourth-order valence-corrected chi connectivity index (χ4v) is 2.55. The van der Waals surface area contributed by atoms with Gasteiger partial charge >= 0.3 is 5.97 Å². The number of methoxy groups -OCH3 is 1. The smallest absolute Gasteiger partial charge is 0.308 e. The Bertz CT molecular complexity index is 1040. The Balaban J connectivity index is 1.68. The van der Waals surface area contributed by atoms with Gasteiger partial charge in [0.25, 0.3) is 5.91 Å². The molecule has 0 saturated carbocycles. The zero-order valence-corrected chi connectivity index (χ0v) is 15.6. The Hall–Kier alpha value is -3.75. The summed E-state index contributed by atoms with van der Waals surface area (Å²) >= 11 is 0. The van der Waals surface area contributed by atoms with Crippen LogP contribution in [-0.2, 0) is 9.59 Å². The van der Waals surface area contributed by atoms with Crippen molar-refractivity contribution in [3.63, 3.8) is 0 Å².